The van der Waals surface area contributed by atoms with Crippen molar-refractivity contribution in [1.82, 2.24) is 15.2 Å². The smallest absolute Gasteiger partial charge is 0.241 e. The van der Waals surface area contributed by atoms with Gasteiger partial charge in [0, 0.05) is 18.7 Å². The molecule has 0 aliphatic carbocycles. The maximum Gasteiger partial charge on any atom is 0.241 e. The van der Waals surface area contributed by atoms with E-state index in [1.165, 1.54) is 4.70 Å². The third-order valence-electron chi connectivity index (χ3n) is 4.92. The molecule has 0 aliphatic rings. The number of thiazole rings is 1. The van der Waals surface area contributed by atoms with Crippen LogP contribution in [0.2, 0.25) is 0 Å². The Morgan fingerprint density at radius 3 is 2.57 bits per heavy atom. The number of nitrogens with one attached hydrogen (secondary N) is 2. The number of anilines is 1. The molecule has 2 N–H and O–H groups in total. The molecule has 0 spiro atoms. The molecule has 0 bridgehead atoms. The van der Waals surface area contributed by atoms with Crippen LogP contribution in [0.25, 0.3) is 10.2 Å². The monoisotopic (exact) mass is 424 g/mol. The predicted octanol–water partition coefficient (Wildman–Crippen LogP) is 3.67. The summed E-state index contributed by atoms with van der Waals surface area (Å²) in [6, 6.07) is 15.5. The van der Waals surface area contributed by atoms with Crippen molar-refractivity contribution in [2.45, 2.75) is 32.7 Å². The predicted molar refractivity (Wildman–Crippen MR) is 123 cm³/mol. The van der Waals surface area contributed by atoms with Crippen LogP contribution in [0.5, 0.6) is 0 Å². The molecule has 6 nitrogen and oxygen atoms in total. The first-order valence-corrected chi connectivity index (χ1v) is 11.0. The summed E-state index contributed by atoms with van der Waals surface area (Å²) in [5.74, 6) is -0.210. The van der Waals surface area contributed by atoms with Gasteiger partial charge >= 0.3 is 0 Å². The Hall–Kier alpha value is -2.77. The lowest BCUT2D eigenvalue weighted by molar-refractivity contribution is -0.124. The van der Waals surface area contributed by atoms with Gasteiger partial charge in [-0.3, -0.25) is 14.5 Å². The van der Waals surface area contributed by atoms with Gasteiger partial charge in [-0.25, -0.2) is 4.98 Å². The molecule has 158 valence electrons. The lowest BCUT2D eigenvalue weighted by Crippen LogP contribution is -2.44. The molecule has 1 aromatic heterocycles. The zero-order valence-corrected chi connectivity index (χ0v) is 18.5. The van der Waals surface area contributed by atoms with Crippen molar-refractivity contribution in [3.05, 3.63) is 59.1 Å². The van der Waals surface area contributed by atoms with E-state index in [-0.39, 0.29) is 18.4 Å². The molecular weight excluding hydrogens is 396 g/mol. The zero-order valence-electron chi connectivity index (χ0n) is 17.6. The van der Waals surface area contributed by atoms with Gasteiger partial charge in [-0.2, -0.15) is 0 Å². The molecule has 0 fully saturated rings. The fourth-order valence-corrected chi connectivity index (χ4v) is 4.01. The molecule has 0 saturated carbocycles. The molecule has 0 radical (unpaired) electrons. The molecular formula is C23H28N4O2S. The van der Waals surface area contributed by atoms with Gasteiger partial charge in [-0.05, 0) is 50.2 Å². The molecule has 0 aliphatic heterocycles. The fraction of sp³-hybridized carbons (Fsp3) is 0.348. The third-order valence-corrected chi connectivity index (χ3v) is 5.96. The van der Waals surface area contributed by atoms with Crippen molar-refractivity contribution in [3.8, 4) is 0 Å². The Bertz CT molecular complexity index is 967. The number of nitrogens with zero attached hydrogens (tertiary/aromatic N) is 2. The highest BCUT2D eigenvalue weighted by molar-refractivity contribution is 7.18. The van der Waals surface area contributed by atoms with Gasteiger partial charge in [-0.1, -0.05) is 31.2 Å². The summed E-state index contributed by atoms with van der Waals surface area (Å²) in [6.45, 7) is 4.64. The fourth-order valence-electron chi connectivity index (χ4n) is 3.01. The average Bonchev–Trinajstić information content (AvgIpc) is 3.15. The van der Waals surface area contributed by atoms with Gasteiger partial charge in [0.25, 0.3) is 0 Å². The average molecular weight is 425 g/mol. The molecule has 0 saturated heterocycles. The van der Waals surface area contributed by atoms with E-state index < -0.39 is 6.04 Å². The van der Waals surface area contributed by atoms with Gasteiger partial charge in [-0.15, -0.1) is 11.3 Å². The van der Waals surface area contributed by atoms with Gasteiger partial charge in [0.05, 0.1) is 27.8 Å². The standard InChI is InChI=1S/C23H28N4O2S/c1-4-13-24-21(28)15-27(3)16(2)23(29)25-18-11-9-17(10-12-18)14-22-26-19-7-5-6-8-20(19)30-22/h5-12,16H,4,13-15H2,1-3H3,(H,24,28)(H,25,29)/t16-/m1/s1. The SMILES string of the molecule is CCCNC(=O)CN(C)[C@H](C)C(=O)Nc1ccc(Cc2nc3ccccc3s2)cc1. The van der Waals surface area contributed by atoms with Crippen LogP contribution in [0.15, 0.2) is 48.5 Å². The van der Waals surface area contributed by atoms with Gasteiger partial charge in [0.2, 0.25) is 11.8 Å². The lowest BCUT2D eigenvalue weighted by Gasteiger charge is -2.23. The van der Waals surface area contributed by atoms with E-state index in [1.807, 2.05) is 49.4 Å². The quantitative estimate of drug-likeness (QED) is 0.550. The Balaban J connectivity index is 1.54. The Morgan fingerprint density at radius 1 is 1.13 bits per heavy atom. The Kier molecular flexibility index (Phi) is 7.54. The number of rotatable bonds is 9. The number of fused-ring (bicyclic) bond motifs is 1. The minimum atomic E-state index is -0.417. The maximum atomic E-state index is 12.5. The second-order valence-electron chi connectivity index (χ2n) is 7.38. The van der Waals surface area contributed by atoms with Crippen molar-refractivity contribution >= 4 is 39.1 Å². The van der Waals surface area contributed by atoms with Gasteiger partial charge < -0.3 is 10.6 Å². The molecule has 1 heterocycles. The molecule has 0 unspecified atom stereocenters. The number of hydrogen-bond donors (Lipinski definition) is 2. The largest absolute Gasteiger partial charge is 0.355 e. The molecule has 3 rings (SSSR count). The number of para-hydroxylation sites is 1. The highest BCUT2D eigenvalue weighted by atomic mass is 32.1. The number of carbonyl (C=O) groups is 2. The van der Waals surface area contributed by atoms with E-state index in [0.29, 0.717) is 6.54 Å². The van der Waals surface area contributed by atoms with Crippen LogP contribution < -0.4 is 10.6 Å². The normalized spacial score (nSPS) is 12.1. The van der Waals surface area contributed by atoms with Crippen LogP contribution in [0.4, 0.5) is 5.69 Å². The highest BCUT2D eigenvalue weighted by Crippen LogP contribution is 2.24. The first-order valence-electron chi connectivity index (χ1n) is 10.2. The summed E-state index contributed by atoms with van der Waals surface area (Å²) < 4.78 is 1.19. The van der Waals surface area contributed by atoms with Crippen LogP contribution in [-0.2, 0) is 16.0 Å². The second kappa shape index (κ2) is 10.3. The van der Waals surface area contributed by atoms with E-state index in [4.69, 9.17) is 0 Å². The van der Waals surface area contributed by atoms with E-state index in [1.54, 1.807) is 30.2 Å². The number of likely N-dealkylation sites (N-methyl/N-ethyl adjacent to an activating group) is 1. The summed E-state index contributed by atoms with van der Waals surface area (Å²) >= 11 is 1.70. The highest BCUT2D eigenvalue weighted by Gasteiger charge is 2.20. The lowest BCUT2D eigenvalue weighted by atomic mass is 10.1. The Morgan fingerprint density at radius 2 is 1.87 bits per heavy atom. The van der Waals surface area contributed by atoms with Crippen LogP contribution in [-0.4, -0.2) is 47.9 Å². The molecule has 30 heavy (non-hydrogen) atoms. The van der Waals surface area contributed by atoms with Gasteiger partial charge in [0.1, 0.15) is 0 Å². The number of carbonyl (C=O) groups excluding carboxylic acids is 2. The zero-order chi connectivity index (χ0) is 21.5. The number of aromatic nitrogens is 1. The maximum absolute atomic E-state index is 12.5. The molecule has 7 heteroatoms. The number of amides is 2. The van der Waals surface area contributed by atoms with Crippen LogP contribution in [0, 0.1) is 0 Å². The molecule has 1 atom stereocenters. The molecule has 2 aromatic carbocycles. The summed E-state index contributed by atoms with van der Waals surface area (Å²) in [4.78, 5) is 30.8. The minimum Gasteiger partial charge on any atom is -0.355 e. The third kappa shape index (κ3) is 5.87. The first-order chi connectivity index (χ1) is 14.5. The number of benzene rings is 2. The Labute approximate surface area is 181 Å². The molecule has 3 aromatic rings. The van der Waals surface area contributed by atoms with E-state index >= 15 is 0 Å². The minimum absolute atomic E-state index is 0.0711. The van der Waals surface area contributed by atoms with Crippen molar-refractivity contribution in [3.63, 3.8) is 0 Å². The first kappa shape index (κ1) is 21.9. The summed E-state index contributed by atoms with van der Waals surface area (Å²) in [5.41, 5.74) is 2.91. The summed E-state index contributed by atoms with van der Waals surface area (Å²) in [7, 11) is 1.77. The van der Waals surface area contributed by atoms with Crippen LogP contribution in [0.1, 0.15) is 30.8 Å². The van der Waals surface area contributed by atoms with Crippen molar-refractivity contribution in [2.75, 3.05) is 25.5 Å². The van der Waals surface area contributed by atoms with Crippen molar-refractivity contribution < 1.29 is 9.59 Å². The summed E-state index contributed by atoms with van der Waals surface area (Å²) in [6.07, 6.45) is 1.65. The van der Waals surface area contributed by atoms with Crippen molar-refractivity contribution in [2.24, 2.45) is 0 Å². The van der Waals surface area contributed by atoms with E-state index in [0.717, 1.165) is 34.6 Å². The van der Waals surface area contributed by atoms with Gasteiger partial charge in [0.15, 0.2) is 0 Å². The van der Waals surface area contributed by atoms with E-state index in [9.17, 15) is 9.59 Å². The summed E-state index contributed by atoms with van der Waals surface area (Å²) in [5, 5.41) is 6.82. The van der Waals surface area contributed by atoms with Crippen LogP contribution in [0.3, 0.4) is 0 Å². The molecule has 2 amide bonds. The van der Waals surface area contributed by atoms with Crippen molar-refractivity contribution in [1.29, 1.82) is 0 Å². The second-order valence-corrected chi connectivity index (χ2v) is 8.49. The number of hydrogen-bond acceptors (Lipinski definition) is 5. The topological polar surface area (TPSA) is 74.3 Å². The van der Waals surface area contributed by atoms with E-state index in [2.05, 4.69) is 21.7 Å². The van der Waals surface area contributed by atoms with Crippen LogP contribution >= 0.6 is 11.3 Å².